The van der Waals surface area contributed by atoms with Gasteiger partial charge in [-0.3, -0.25) is 0 Å². The van der Waals surface area contributed by atoms with Gasteiger partial charge >= 0.3 is 12.2 Å². The SMILES string of the molecule is CC(C)(C)OC(=O)N1CCC[C@H](COc2cc(OC[C@@H]3CCCN(C(=O)OC(C)(C)C)C3)ncn2)C1. The van der Waals surface area contributed by atoms with Gasteiger partial charge in [-0.2, -0.15) is 0 Å². The Balaban J connectivity index is 1.45. The van der Waals surface area contributed by atoms with Gasteiger partial charge < -0.3 is 28.7 Å². The molecule has 0 unspecified atom stereocenters. The Bertz CT molecular complexity index is 815. The van der Waals surface area contributed by atoms with Crippen molar-refractivity contribution < 1.29 is 28.5 Å². The van der Waals surface area contributed by atoms with Crippen LogP contribution in [0.4, 0.5) is 9.59 Å². The van der Waals surface area contributed by atoms with E-state index in [4.69, 9.17) is 18.9 Å². The number of hydrogen-bond donors (Lipinski definition) is 0. The van der Waals surface area contributed by atoms with E-state index in [9.17, 15) is 9.59 Å². The number of nitrogens with zero attached hydrogens (tertiary/aromatic N) is 4. The second kappa shape index (κ2) is 12.0. The summed E-state index contributed by atoms with van der Waals surface area (Å²) in [4.78, 5) is 36.7. The molecule has 0 aliphatic carbocycles. The van der Waals surface area contributed by atoms with E-state index in [1.165, 1.54) is 6.33 Å². The van der Waals surface area contributed by atoms with E-state index >= 15 is 0 Å². The molecule has 2 aliphatic heterocycles. The summed E-state index contributed by atoms with van der Waals surface area (Å²) in [5.41, 5.74) is -1.02. The number of likely N-dealkylation sites (tertiary alicyclic amines) is 2. The topological polar surface area (TPSA) is 103 Å². The van der Waals surface area contributed by atoms with Crippen molar-refractivity contribution in [1.82, 2.24) is 19.8 Å². The molecule has 1 aromatic rings. The second-order valence-corrected chi connectivity index (χ2v) is 11.7. The lowest BCUT2D eigenvalue weighted by molar-refractivity contribution is 0.0130. The van der Waals surface area contributed by atoms with Gasteiger partial charge in [0.25, 0.3) is 0 Å². The van der Waals surface area contributed by atoms with Gasteiger partial charge in [0.1, 0.15) is 17.5 Å². The van der Waals surface area contributed by atoms with Gasteiger partial charge in [0, 0.05) is 38.0 Å². The predicted molar refractivity (Wildman–Crippen MR) is 134 cm³/mol. The van der Waals surface area contributed by atoms with E-state index in [2.05, 4.69) is 9.97 Å². The Hall–Kier alpha value is -2.78. The molecule has 10 heteroatoms. The van der Waals surface area contributed by atoms with Crippen molar-refractivity contribution in [2.75, 3.05) is 39.4 Å². The zero-order valence-electron chi connectivity index (χ0n) is 22.6. The first-order valence-electron chi connectivity index (χ1n) is 12.9. The molecule has 0 saturated carbocycles. The highest BCUT2D eigenvalue weighted by Gasteiger charge is 2.29. The molecule has 36 heavy (non-hydrogen) atoms. The van der Waals surface area contributed by atoms with Crippen LogP contribution in [0.15, 0.2) is 12.4 Å². The van der Waals surface area contributed by atoms with Crippen LogP contribution in [0.1, 0.15) is 67.2 Å². The Labute approximate surface area is 214 Å². The van der Waals surface area contributed by atoms with Crippen LogP contribution in [0.5, 0.6) is 11.8 Å². The molecule has 2 aliphatic rings. The summed E-state index contributed by atoms with van der Waals surface area (Å²) in [5, 5.41) is 0. The highest BCUT2D eigenvalue weighted by Crippen LogP contribution is 2.23. The minimum atomic E-state index is -0.510. The van der Waals surface area contributed by atoms with Crippen LogP contribution in [0.3, 0.4) is 0 Å². The van der Waals surface area contributed by atoms with Gasteiger partial charge in [-0.1, -0.05) is 0 Å². The molecule has 0 radical (unpaired) electrons. The van der Waals surface area contributed by atoms with Gasteiger partial charge in [0.2, 0.25) is 11.8 Å². The van der Waals surface area contributed by atoms with Crippen molar-refractivity contribution in [3.63, 3.8) is 0 Å². The second-order valence-electron chi connectivity index (χ2n) is 11.7. The number of carbonyl (C=O) groups excluding carboxylic acids is 2. The molecule has 2 fully saturated rings. The minimum Gasteiger partial charge on any atom is -0.477 e. The van der Waals surface area contributed by atoms with Crippen molar-refractivity contribution in [3.8, 4) is 11.8 Å². The molecule has 2 amide bonds. The van der Waals surface area contributed by atoms with Gasteiger partial charge in [-0.05, 0) is 67.2 Å². The Morgan fingerprint density at radius 1 is 0.806 bits per heavy atom. The number of ether oxygens (including phenoxy) is 4. The first-order chi connectivity index (χ1) is 16.9. The number of piperidine rings is 2. The molecule has 0 spiro atoms. The average Bonchev–Trinajstić information content (AvgIpc) is 2.80. The molecule has 0 aromatic carbocycles. The third-order valence-corrected chi connectivity index (χ3v) is 5.89. The lowest BCUT2D eigenvalue weighted by Gasteiger charge is -2.34. The molecule has 3 heterocycles. The fourth-order valence-electron chi connectivity index (χ4n) is 4.27. The summed E-state index contributed by atoms with van der Waals surface area (Å²) in [6.45, 7) is 14.7. The maximum atomic E-state index is 12.4. The van der Waals surface area contributed by atoms with Crippen molar-refractivity contribution >= 4 is 12.2 Å². The van der Waals surface area contributed by atoms with Gasteiger partial charge in [-0.25, -0.2) is 19.6 Å². The van der Waals surface area contributed by atoms with Gasteiger partial charge in [0.15, 0.2) is 0 Å². The zero-order valence-corrected chi connectivity index (χ0v) is 22.6. The minimum absolute atomic E-state index is 0.201. The first kappa shape index (κ1) is 27.8. The Morgan fingerprint density at radius 3 is 1.61 bits per heavy atom. The number of aromatic nitrogens is 2. The number of rotatable bonds is 6. The number of hydrogen-bond acceptors (Lipinski definition) is 8. The molecule has 3 rings (SSSR count). The van der Waals surface area contributed by atoms with E-state index < -0.39 is 11.2 Å². The molecular weight excluding hydrogens is 464 g/mol. The van der Waals surface area contributed by atoms with Crippen molar-refractivity contribution in [2.45, 2.75) is 78.4 Å². The quantitative estimate of drug-likeness (QED) is 0.554. The molecule has 0 N–H and O–H groups in total. The van der Waals surface area contributed by atoms with E-state index in [0.717, 1.165) is 25.7 Å². The van der Waals surface area contributed by atoms with Crippen LogP contribution in [0, 0.1) is 11.8 Å². The normalized spacial score (nSPS) is 21.1. The zero-order chi connectivity index (χ0) is 26.3. The third-order valence-electron chi connectivity index (χ3n) is 5.89. The van der Waals surface area contributed by atoms with Crippen LogP contribution >= 0.6 is 0 Å². The van der Waals surface area contributed by atoms with Crippen LogP contribution < -0.4 is 9.47 Å². The van der Waals surface area contributed by atoms with E-state index in [1.807, 2.05) is 41.5 Å². The van der Waals surface area contributed by atoms with Crippen molar-refractivity contribution in [1.29, 1.82) is 0 Å². The van der Waals surface area contributed by atoms with Crippen LogP contribution in [-0.4, -0.2) is 82.5 Å². The number of carbonyl (C=O) groups is 2. The van der Waals surface area contributed by atoms with Crippen LogP contribution in [0.25, 0.3) is 0 Å². The summed E-state index contributed by atoms with van der Waals surface area (Å²) in [6, 6.07) is 1.68. The predicted octanol–water partition coefficient (Wildman–Crippen LogP) is 4.53. The fraction of sp³-hybridized carbons (Fsp3) is 0.769. The molecule has 0 bridgehead atoms. The van der Waals surface area contributed by atoms with E-state index in [-0.39, 0.29) is 24.0 Å². The fourth-order valence-corrected chi connectivity index (χ4v) is 4.27. The first-order valence-corrected chi connectivity index (χ1v) is 12.9. The van der Waals surface area contributed by atoms with Crippen LogP contribution in [0.2, 0.25) is 0 Å². The van der Waals surface area contributed by atoms with Crippen molar-refractivity contribution in [3.05, 3.63) is 12.4 Å². The lowest BCUT2D eigenvalue weighted by atomic mass is 9.99. The molecule has 2 atom stereocenters. The van der Waals surface area contributed by atoms with Gasteiger partial charge in [0.05, 0.1) is 19.3 Å². The third kappa shape index (κ3) is 9.35. The summed E-state index contributed by atoms with van der Waals surface area (Å²) >= 11 is 0. The maximum Gasteiger partial charge on any atom is 0.410 e. The molecule has 202 valence electrons. The molecule has 1 aromatic heterocycles. The molecular formula is C26H42N4O6. The summed E-state index contributed by atoms with van der Waals surface area (Å²) in [6.07, 6.45) is 4.63. The summed E-state index contributed by atoms with van der Waals surface area (Å²) < 4.78 is 22.8. The summed E-state index contributed by atoms with van der Waals surface area (Å²) in [5.74, 6) is 1.28. The summed E-state index contributed by atoms with van der Waals surface area (Å²) in [7, 11) is 0. The van der Waals surface area contributed by atoms with E-state index in [0.29, 0.717) is 51.2 Å². The van der Waals surface area contributed by atoms with Crippen molar-refractivity contribution in [2.24, 2.45) is 11.8 Å². The molecule has 2 saturated heterocycles. The average molecular weight is 507 g/mol. The van der Waals surface area contributed by atoms with Gasteiger partial charge in [-0.15, -0.1) is 0 Å². The highest BCUT2D eigenvalue weighted by molar-refractivity contribution is 5.68. The Morgan fingerprint density at radius 2 is 1.22 bits per heavy atom. The van der Waals surface area contributed by atoms with Crippen LogP contribution in [-0.2, 0) is 9.47 Å². The smallest absolute Gasteiger partial charge is 0.410 e. The largest absolute Gasteiger partial charge is 0.477 e. The number of amides is 2. The molecule has 10 nitrogen and oxygen atoms in total. The Kier molecular flexibility index (Phi) is 9.24. The van der Waals surface area contributed by atoms with E-state index in [1.54, 1.807) is 15.9 Å². The standard InChI is InChI=1S/C26H42N4O6/c1-25(2,3)35-23(31)29-11-7-9-19(14-29)16-33-21-13-22(28-18-27-21)34-17-20-10-8-12-30(15-20)24(32)36-26(4,5)6/h13,18-20H,7-12,14-17H2,1-6H3/t19-,20+. The lowest BCUT2D eigenvalue weighted by Crippen LogP contribution is -2.44. The maximum absolute atomic E-state index is 12.4. The monoisotopic (exact) mass is 506 g/mol. The highest BCUT2D eigenvalue weighted by atomic mass is 16.6.